The Morgan fingerprint density at radius 3 is 1.55 bits per heavy atom. The van der Waals surface area contributed by atoms with Gasteiger partial charge in [-0.15, -0.1) is 11.3 Å². The molecule has 134 heavy (non-hydrogen) atoms. The number of hydrogen-bond donors (Lipinski definition) is 6. The Morgan fingerprint density at radius 1 is 0.418 bits per heavy atom. The summed E-state index contributed by atoms with van der Waals surface area (Å²) in [5, 5.41) is 31.0. The standard InChI is InChI=1S/C30H27N7O.C25H19FN8O2S.C22H19N7O.C20H17N7OS/c1-18-7-3-4-12-24(18)37-23(14-21-10-5-8-19(2)25(21)30(37)38)16-36-29-26(28(32)33-17-34-29)27(35-36)22-11-6-9-20(13-22)15-31;1-12-5-3-4-6-17(12)34-18(30-24-19(25(34)36)13(2)32-37-24)10-33-23-20(22(27)28-11-29-23)21(31-33)14-7-15(26)9-16(35)8-14;1-13-5-3-4-6-17(13)29-15(9-16-18(22(29)30)14(2)7-8-24-16)10-28-12-27-19-20(23)25-11-26-21(19)28;1-11-5-3-4-6-14(11)27-15(25-19-16(20(27)28)12(2)9-29-19)8-26-18-13(7-24-26)17(21)22-10-23-18/h3-14,17H,15-16,31H2,1-2H3,(H2,32,33,34);3-9,11,35H,10H2,1-2H3,(H2,27,28,29);3-9,11-12H,10H2,1-2H3,(H2,23,25,26);3-7,9-10H,8H2,1-2H3,(H2,21,22,23). The quantitative estimate of drug-likeness (QED) is 0.0555. The van der Waals surface area contributed by atoms with Crippen molar-refractivity contribution >= 4 is 133 Å². The van der Waals surface area contributed by atoms with Crippen LogP contribution >= 0.6 is 22.9 Å². The van der Waals surface area contributed by atoms with E-state index in [1.54, 1.807) is 58.0 Å². The lowest BCUT2D eigenvalue weighted by molar-refractivity contribution is 0.469. The van der Waals surface area contributed by atoms with Crippen LogP contribution in [-0.4, -0.2) is 121 Å². The maximum absolute atomic E-state index is 14.1. The van der Waals surface area contributed by atoms with Crippen molar-refractivity contribution in [2.24, 2.45) is 5.73 Å². The number of halogens is 1. The highest BCUT2D eigenvalue weighted by atomic mass is 32.1. The zero-order valence-corrected chi connectivity index (χ0v) is 74.9. The number of aromatic hydroxyl groups is 1. The van der Waals surface area contributed by atoms with E-state index in [-0.39, 0.29) is 46.9 Å². The van der Waals surface area contributed by atoms with E-state index in [0.717, 1.165) is 106 Å². The molecule has 0 aliphatic carbocycles. The molecule has 0 saturated heterocycles. The van der Waals surface area contributed by atoms with Gasteiger partial charge in [0.25, 0.3) is 22.2 Å². The number of aromatic nitrogens is 24. The number of fused-ring (bicyclic) bond motifs is 8. The van der Waals surface area contributed by atoms with Crippen LogP contribution in [0.2, 0.25) is 0 Å². The molecule has 0 spiro atoms. The fourth-order valence-corrected chi connectivity index (χ4v) is 18.6. The van der Waals surface area contributed by atoms with E-state index in [1.807, 2.05) is 210 Å². The van der Waals surface area contributed by atoms with Gasteiger partial charge in [-0.1, -0.05) is 109 Å². The van der Waals surface area contributed by atoms with Gasteiger partial charge in [-0.05, 0) is 183 Å². The molecule has 7 aromatic carbocycles. The number of thiophene rings is 1. The Labute approximate surface area is 767 Å². The zero-order valence-electron chi connectivity index (χ0n) is 73.3. The van der Waals surface area contributed by atoms with E-state index in [0.29, 0.717) is 153 Å². The second kappa shape index (κ2) is 35.3. The Hall–Kier alpha value is -17.2. The maximum atomic E-state index is 14.1. The third-order valence-electron chi connectivity index (χ3n) is 23.4. The summed E-state index contributed by atoms with van der Waals surface area (Å²) in [7, 11) is 0. The van der Waals surface area contributed by atoms with Gasteiger partial charge in [0.1, 0.15) is 106 Å². The predicted molar refractivity (Wildman–Crippen MR) is 519 cm³/mol. The first-order valence-electron chi connectivity index (χ1n) is 42.2. The summed E-state index contributed by atoms with van der Waals surface area (Å²) in [6.45, 7) is 16.9. The molecule has 0 fully saturated rings. The summed E-state index contributed by atoms with van der Waals surface area (Å²) in [6, 6.07) is 54.3. The molecule has 15 heterocycles. The largest absolute Gasteiger partial charge is 0.508 e. The molecule has 0 atom stereocenters. The van der Waals surface area contributed by atoms with Gasteiger partial charge in [-0.25, -0.2) is 73.3 Å². The van der Waals surface area contributed by atoms with Crippen LogP contribution in [0, 0.1) is 61.2 Å². The molecule has 11 N–H and O–H groups in total. The Bertz CT molecular complexity index is 8720. The number of pyridine rings is 3. The minimum absolute atomic E-state index is 0.0463. The SMILES string of the molecule is Cc1ccccc1-n1c(Cn2cnc3c(N)ncnc32)cc2nccc(C)c2c1=O.Cc1ccccc1-n1c(Cn2nc(-c3cc(O)cc(F)c3)c3c(N)ncnc32)nc2snc(C)c2c1=O.Cc1ccccc1-n1c(Cn2nc(-c3cccc(CN)c3)c3c(N)ncnc32)cc2cccc(C)c2c1=O.Cc1ccccc1-n1c(Cn2ncc3c(N)ncnc32)nc2scc(C)c2c1=O. The minimum atomic E-state index is -0.630. The number of benzene rings is 7. The highest BCUT2D eigenvalue weighted by Gasteiger charge is 2.28. The van der Waals surface area contributed by atoms with E-state index in [9.17, 15) is 28.7 Å². The molecule has 0 saturated carbocycles. The number of nitrogens with two attached hydrogens (primary N) is 5. The van der Waals surface area contributed by atoms with Gasteiger partial charge in [0.2, 0.25) is 0 Å². The number of imidazole rings is 1. The van der Waals surface area contributed by atoms with Crippen LogP contribution in [0.1, 0.15) is 73.2 Å². The first-order valence-corrected chi connectivity index (χ1v) is 43.8. The molecule has 0 radical (unpaired) electrons. The number of phenols is 1. The number of rotatable bonds is 15. The number of hydrogen-bond acceptors (Lipinski definition) is 28. The van der Waals surface area contributed by atoms with Gasteiger partial charge in [-0.3, -0.25) is 42.4 Å². The lowest BCUT2D eigenvalue weighted by Gasteiger charge is -2.17. The van der Waals surface area contributed by atoms with Gasteiger partial charge in [0.05, 0.1) is 91.9 Å². The van der Waals surface area contributed by atoms with Crippen molar-refractivity contribution in [2.45, 2.75) is 88.1 Å². The van der Waals surface area contributed by atoms with E-state index in [4.69, 9.17) is 43.7 Å². The summed E-state index contributed by atoms with van der Waals surface area (Å²) >= 11 is 2.62. The maximum Gasteiger partial charge on any atom is 0.268 e. The fraction of sp³-hybridized carbons (Fsp3) is 0.134. The number of aryl methyl sites for hydroxylation is 8. The Kier molecular flexibility index (Phi) is 22.7. The lowest BCUT2D eigenvalue weighted by atomic mass is 10.1. The summed E-state index contributed by atoms with van der Waals surface area (Å²) in [4.78, 5) is 108. The van der Waals surface area contributed by atoms with Crippen molar-refractivity contribution < 1.29 is 9.50 Å². The highest BCUT2D eigenvalue weighted by Crippen LogP contribution is 2.37. The lowest BCUT2D eigenvalue weighted by Crippen LogP contribution is -2.26. The number of phenolic OH excluding ortho intramolecular Hbond substituents is 1. The monoisotopic (exact) mass is 1820 g/mol. The van der Waals surface area contributed by atoms with Gasteiger partial charge in [0, 0.05) is 41.3 Å². The van der Waals surface area contributed by atoms with Crippen LogP contribution in [-0.2, 0) is 32.7 Å². The van der Waals surface area contributed by atoms with Crippen molar-refractivity contribution in [3.05, 3.63) is 346 Å². The molecule has 0 aliphatic rings. The summed E-state index contributed by atoms with van der Waals surface area (Å²) < 4.78 is 32.1. The minimum Gasteiger partial charge on any atom is -0.508 e. The molecule has 0 unspecified atom stereocenters. The number of nitrogen functional groups attached to an aromatic ring is 4. The fourth-order valence-electron chi connectivity index (χ4n) is 16.9. The zero-order chi connectivity index (χ0) is 93.2. The number of anilines is 4. The smallest absolute Gasteiger partial charge is 0.268 e. The van der Waals surface area contributed by atoms with E-state index in [1.165, 1.54) is 48.8 Å². The first kappa shape index (κ1) is 86.2. The van der Waals surface area contributed by atoms with Crippen LogP contribution < -0.4 is 50.9 Å². The van der Waals surface area contributed by atoms with Crippen LogP contribution in [0.25, 0.3) is 132 Å². The third kappa shape index (κ3) is 15.8. The summed E-state index contributed by atoms with van der Waals surface area (Å²) in [5.74, 6) is 1.29. The van der Waals surface area contributed by atoms with Gasteiger partial charge in [0.15, 0.2) is 33.2 Å². The van der Waals surface area contributed by atoms with E-state index < -0.39 is 5.82 Å². The second-order valence-corrected chi connectivity index (χ2v) is 33.8. The van der Waals surface area contributed by atoms with Crippen molar-refractivity contribution in [1.82, 2.24) is 116 Å². The van der Waals surface area contributed by atoms with Crippen molar-refractivity contribution in [3.8, 4) is 51.0 Å². The predicted octanol–water partition coefficient (Wildman–Crippen LogP) is 13.9. The molecule has 0 bridgehead atoms. The average Bonchev–Trinajstić information content (AvgIpc) is 1.69. The second-order valence-electron chi connectivity index (χ2n) is 32.1. The number of para-hydroxylation sites is 4. The molecular formula is C97H82FN29O5S2. The highest BCUT2D eigenvalue weighted by molar-refractivity contribution is 7.17. The first-order chi connectivity index (χ1) is 64.9. The van der Waals surface area contributed by atoms with Crippen molar-refractivity contribution in [1.29, 1.82) is 0 Å². The normalized spacial score (nSPS) is 11.5. The molecule has 0 aliphatic heterocycles. The molecule has 0 amide bonds. The Balaban J connectivity index is 0.000000116. The topological polar surface area (TPSA) is 464 Å². The molecule has 37 heteroatoms. The summed E-state index contributed by atoms with van der Waals surface area (Å²) in [5.41, 5.74) is 48.3. The molecule has 22 rings (SSSR count). The Morgan fingerprint density at radius 2 is 0.933 bits per heavy atom. The van der Waals surface area contributed by atoms with Crippen molar-refractivity contribution in [2.75, 3.05) is 22.9 Å². The van der Waals surface area contributed by atoms with Gasteiger partial charge < -0.3 is 38.3 Å². The molecule has 15 aromatic heterocycles. The molecule has 664 valence electrons. The van der Waals surface area contributed by atoms with Gasteiger partial charge in [-0.2, -0.15) is 19.7 Å². The summed E-state index contributed by atoms with van der Waals surface area (Å²) in [6.07, 6.45) is 10.6. The molecule has 22 aromatic rings. The third-order valence-corrected chi connectivity index (χ3v) is 25.2. The van der Waals surface area contributed by atoms with Crippen LogP contribution in [0.3, 0.4) is 0 Å². The average molecular weight is 1820 g/mol. The van der Waals surface area contributed by atoms with E-state index in [2.05, 4.69) is 70.5 Å². The van der Waals surface area contributed by atoms with E-state index >= 15 is 0 Å². The number of nitrogens with zero attached hydrogens (tertiary/aromatic N) is 24. The van der Waals surface area contributed by atoms with Crippen LogP contribution in [0.4, 0.5) is 27.7 Å². The van der Waals surface area contributed by atoms with Crippen LogP contribution in [0.15, 0.2) is 245 Å². The molecule has 34 nitrogen and oxygen atoms in total. The van der Waals surface area contributed by atoms with Crippen molar-refractivity contribution in [3.63, 3.8) is 0 Å². The molecular weight excluding hydrogens is 1730 g/mol. The van der Waals surface area contributed by atoms with Crippen LogP contribution in [0.5, 0.6) is 5.75 Å². The van der Waals surface area contributed by atoms with Gasteiger partial charge >= 0.3 is 0 Å².